The van der Waals surface area contributed by atoms with Crippen LogP contribution in [0.1, 0.15) is 13.8 Å². The molecular weight excluding hydrogens is 434 g/mol. The summed E-state index contributed by atoms with van der Waals surface area (Å²) in [4.78, 5) is 16.9. The monoisotopic (exact) mass is 450 g/mol. The number of ether oxygens (including phenoxy) is 1. The highest BCUT2D eigenvalue weighted by Gasteiger charge is 2.23. The summed E-state index contributed by atoms with van der Waals surface area (Å²) in [5, 5.41) is 0. The van der Waals surface area contributed by atoms with Crippen molar-refractivity contribution < 1.29 is 21.9 Å². The third-order valence-corrected chi connectivity index (χ3v) is 4.11. The Balaban J connectivity index is 2.37. The molecule has 0 amide bonds. The highest BCUT2D eigenvalue weighted by atomic mass is 79.9. The molecule has 0 N–H and O–H groups in total. The zero-order valence-corrected chi connectivity index (χ0v) is 16.7. The average Bonchev–Trinajstić information content (AvgIpc) is 2.56. The van der Waals surface area contributed by atoms with Crippen LogP contribution in [0.15, 0.2) is 33.7 Å². The summed E-state index contributed by atoms with van der Waals surface area (Å²) in [5.74, 6) is -2.65. The Morgan fingerprint density at radius 2 is 2.12 bits per heavy atom. The fraction of sp³-hybridized carbons (Fsp3) is 0.375. The van der Waals surface area contributed by atoms with Crippen molar-refractivity contribution in [1.82, 2.24) is 9.55 Å². The maximum atomic E-state index is 13.0. The maximum Gasteiger partial charge on any atom is 0.278 e. The predicted octanol–water partition coefficient (Wildman–Crippen LogP) is 4.22. The summed E-state index contributed by atoms with van der Waals surface area (Å²) < 4.78 is 43.3. The SMILES string of the molecule is CCOSOc1cc(Br)cnc1-c1ccc(OCC(C)(F)F)n(C)c1=O. The molecule has 0 unspecified atom stereocenters. The molecule has 0 saturated heterocycles. The lowest BCUT2D eigenvalue weighted by molar-refractivity contribution is -0.0252. The summed E-state index contributed by atoms with van der Waals surface area (Å²) >= 11 is 4.06. The Kier molecular flexibility index (Phi) is 7.01. The van der Waals surface area contributed by atoms with Crippen LogP contribution in [-0.4, -0.2) is 28.7 Å². The fourth-order valence-corrected chi connectivity index (χ4v) is 2.59. The molecule has 0 saturated carbocycles. The highest BCUT2D eigenvalue weighted by molar-refractivity contribution is 9.10. The largest absolute Gasteiger partial charge is 0.472 e. The number of alkyl halides is 2. The third kappa shape index (κ3) is 5.42. The molecule has 142 valence electrons. The molecule has 0 bridgehead atoms. The van der Waals surface area contributed by atoms with Gasteiger partial charge >= 0.3 is 0 Å². The molecule has 0 aromatic carbocycles. The molecule has 0 fully saturated rings. The minimum atomic E-state index is -3.00. The molecule has 10 heteroatoms. The first-order chi connectivity index (χ1) is 12.2. The Morgan fingerprint density at radius 3 is 2.77 bits per heavy atom. The van der Waals surface area contributed by atoms with E-state index >= 15 is 0 Å². The lowest BCUT2D eigenvalue weighted by atomic mass is 10.1. The highest BCUT2D eigenvalue weighted by Crippen LogP contribution is 2.31. The van der Waals surface area contributed by atoms with Crippen molar-refractivity contribution in [2.24, 2.45) is 7.05 Å². The maximum absolute atomic E-state index is 13.0. The topological polar surface area (TPSA) is 62.6 Å². The molecule has 6 nitrogen and oxygen atoms in total. The molecule has 0 aliphatic carbocycles. The van der Waals surface area contributed by atoms with Crippen LogP contribution in [0.2, 0.25) is 0 Å². The lowest BCUT2D eigenvalue weighted by Gasteiger charge is -2.15. The second-order valence-corrected chi connectivity index (χ2v) is 6.82. The molecule has 0 atom stereocenters. The summed E-state index contributed by atoms with van der Waals surface area (Å²) in [7, 11) is 1.43. The zero-order chi connectivity index (χ0) is 19.3. The standard InChI is InChI=1S/C16H17BrF2N2O4S/c1-4-24-26-25-12-7-10(17)8-20-14(12)11-5-6-13(21(3)15(11)22)23-9-16(2,18)19/h5-8H,4,9H2,1-3H3. The third-order valence-electron chi connectivity index (χ3n) is 3.10. The van der Waals surface area contributed by atoms with Crippen LogP contribution in [0, 0.1) is 0 Å². The van der Waals surface area contributed by atoms with E-state index in [2.05, 4.69) is 20.9 Å². The van der Waals surface area contributed by atoms with Crippen molar-refractivity contribution in [2.45, 2.75) is 19.8 Å². The van der Waals surface area contributed by atoms with Gasteiger partial charge < -0.3 is 8.92 Å². The van der Waals surface area contributed by atoms with Crippen molar-refractivity contribution >= 4 is 28.3 Å². The second kappa shape index (κ2) is 8.83. The van der Waals surface area contributed by atoms with Crippen LogP contribution in [0.3, 0.4) is 0 Å². The number of hydrogen-bond donors (Lipinski definition) is 0. The number of aromatic nitrogens is 2. The molecule has 2 aromatic heterocycles. The molecule has 0 spiro atoms. The van der Waals surface area contributed by atoms with Gasteiger partial charge in [0, 0.05) is 24.6 Å². The molecule has 0 radical (unpaired) electrons. The van der Waals surface area contributed by atoms with Crippen LogP contribution in [0.5, 0.6) is 11.6 Å². The van der Waals surface area contributed by atoms with E-state index in [-0.39, 0.29) is 11.4 Å². The van der Waals surface area contributed by atoms with E-state index in [1.807, 2.05) is 6.92 Å². The number of hydrogen-bond acceptors (Lipinski definition) is 6. The van der Waals surface area contributed by atoms with Gasteiger partial charge in [0.25, 0.3) is 11.5 Å². The molecule has 2 aromatic rings. The van der Waals surface area contributed by atoms with Crippen LogP contribution < -0.4 is 14.5 Å². The molecule has 0 aliphatic heterocycles. The van der Waals surface area contributed by atoms with E-state index < -0.39 is 18.1 Å². The van der Waals surface area contributed by atoms with Crippen LogP contribution in [0.4, 0.5) is 8.78 Å². The summed E-state index contributed by atoms with van der Waals surface area (Å²) in [6, 6.07) is 4.54. The van der Waals surface area contributed by atoms with Gasteiger partial charge in [0.2, 0.25) is 12.3 Å². The lowest BCUT2D eigenvalue weighted by Crippen LogP contribution is -2.26. The first-order valence-corrected chi connectivity index (χ1v) is 9.01. The predicted molar refractivity (Wildman–Crippen MR) is 98.6 cm³/mol. The number of nitrogens with zero attached hydrogens (tertiary/aromatic N) is 2. The Bertz CT molecular complexity index is 827. The van der Waals surface area contributed by atoms with Crippen molar-refractivity contribution in [3.63, 3.8) is 0 Å². The molecule has 26 heavy (non-hydrogen) atoms. The second-order valence-electron chi connectivity index (χ2n) is 5.37. The number of pyridine rings is 2. The van der Waals surface area contributed by atoms with Gasteiger partial charge in [-0.05, 0) is 41.1 Å². The van der Waals surface area contributed by atoms with Gasteiger partial charge in [0.1, 0.15) is 5.69 Å². The average molecular weight is 451 g/mol. The first kappa shape index (κ1) is 20.7. The summed E-state index contributed by atoms with van der Waals surface area (Å²) in [5.41, 5.74) is 0.0825. The van der Waals surface area contributed by atoms with E-state index in [4.69, 9.17) is 13.1 Å². The number of halogens is 3. The van der Waals surface area contributed by atoms with Gasteiger partial charge in [0.15, 0.2) is 18.2 Å². The Labute approximate surface area is 162 Å². The van der Waals surface area contributed by atoms with Gasteiger partial charge in [-0.1, -0.05) is 0 Å². The number of rotatable bonds is 8. The normalized spacial score (nSPS) is 11.5. The summed E-state index contributed by atoms with van der Waals surface area (Å²) in [6.45, 7) is 2.17. The molecule has 2 rings (SSSR count). The minimum absolute atomic E-state index is 0.0311. The van der Waals surface area contributed by atoms with Crippen LogP contribution in [-0.2, 0) is 11.2 Å². The van der Waals surface area contributed by atoms with Gasteiger partial charge in [-0.2, -0.15) is 0 Å². The zero-order valence-electron chi connectivity index (χ0n) is 14.3. The quantitative estimate of drug-likeness (QED) is 0.443. The molecular formula is C16H17BrF2N2O4S. The van der Waals surface area contributed by atoms with E-state index in [0.717, 1.165) is 23.8 Å². The van der Waals surface area contributed by atoms with Gasteiger partial charge in [-0.3, -0.25) is 18.5 Å². The van der Waals surface area contributed by atoms with Crippen molar-refractivity contribution in [3.8, 4) is 22.9 Å². The van der Waals surface area contributed by atoms with E-state index in [0.29, 0.717) is 22.5 Å². The Morgan fingerprint density at radius 1 is 1.38 bits per heavy atom. The van der Waals surface area contributed by atoms with Crippen molar-refractivity contribution in [1.29, 1.82) is 0 Å². The Hall–Kier alpha value is -1.65. The van der Waals surface area contributed by atoms with E-state index in [9.17, 15) is 13.6 Å². The van der Waals surface area contributed by atoms with Crippen molar-refractivity contribution in [3.05, 3.63) is 39.2 Å². The van der Waals surface area contributed by atoms with E-state index in [1.165, 1.54) is 25.4 Å². The molecule has 0 aliphatic rings. The van der Waals surface area contributed by atoms with Gasteiger partial charge in [0.05, 0.1) is 12.2 Å². The minimum Gasteiger partial charge on any atom is -0.472 e. The molecule has 2 heterocycles. The van der Waals surface area contributed by atoms with E-state index in [1.54, 1.807) is 6.07 Å². The smallest absolute Gasteiger partial charge is 0.278 e. The summed E-state index contributed by atoms with van der Waals surface area (Å²) in [6.07, 6.45) is 1.52. The van der Waals surface area contributed by atoms with Gasteiger partial charge in [-0.15, -0.1) is 0 Å². The van der Waals surface area contributed by atoms with Crippen LogP contribution in [0.25, 0.3) is 11.3 Å². The van der Waals surface area contributed by atoms with Crippen LogP contribution >= 0.6 is 28.3 Å². The first-order valence-electron chi connectivity index (χ1n) is 7.55. The van der Waals surface area contributed by atoms with Gasteiger partial charge in [-0.25, -0.2) is 8.78 Å². The van der Waals surface area contributed by atoms with Crippen molar-refractivity contribution in [2.75, 3.05) is 13.2 Å². The fourth-order valence-electron chi connectivity index (χ4n) is 1.94.